The van der Waals surface area contributed by atoms with Crippen molar-refractivity contribution in [2.45, 2.75) is 69.2 Å². The van der Waals surface area contributed by atoms with Crippen molar-refractivity contribution in [3.05, 3.63) is 70.8 Å². The number of allylic oxidation sites excluding steroid dienone is 1. The average Bonchev–Trinajstić information content (AvgIpc) is 3.15. The van der Waals surface area contributed by atoms with Crippen molar-refractivity contribution in [2.75, 3.05) is 12.3 Å². The van der Waals surface area contributed by atoms with Gasteiger partial charge in [0.1, 0.15) is 0 Å². The maximum atomic E-state index is 12.8. The van der Waals surface area contributed by atoms with E-state index in [2.05, 4.69) is 42.6 Å². The third-order valence-electron chi connectivity index (χ3n) is 6.93. The number of fused-ring (bicyclic) bond motifs is 1. The van der Waals surface area contributed by atoms with E-state index in [-0.39, 0.29) is 11.7 Å². The zero-order valence-electron chi connectivity index (χ0n) is 18.8. The Morgan fingerprint density at radius 3 is 2.68 bits per heavy atom. The summed E-state index contributed by atoms with van der Waals surface area (Å²) in [6.07, 6.45) is 11.3. The van der Waals surface area contributed by atoms with Gasteiger partial charge in [0.15, 0.2) is 9.84 Å². The second-order valence-corrected chi connectivity index (χ2v) is 11.6. The number of hydrogen-bond acceptors (Lipinski definition) is 3. The minimum atomic E-state index is -3.25. The highest BCUT2D eigenvalue weighted by Gasteiger charge is 2.24. The van der Waals surface area contributed by atoms with E-state index in [0.29, 0.717) is 23.3 Å². The summed E-state index contributed by atoms with van der Waals surface area (Å²) >= 11 is 0. The number of aryl methyl sites for hydroxylation is 1. The molecule has 1 saturated heterocycles. The van der Waals surface area contributed by atoms with E-state index in [9.17, 15) is 8.42 Å². The standard InChI is InChI=1S/C27H35NO2S/c1-20-9-12-25(13-10-20)31(29,30)17-15-23-11-14-27-24(7-5-8-26(23)27)19-22-6-3-4-16-28-21(2)18-22/h5,7-14,21-23,28H,3-4,6,15-19H2,1-2H3. The summed E-state index contributed by atoms with van der Waals surface area (Å²) in [7, 11) is -3.25. The van der Waals surface area contributed by atoms with Crippen LogP contribution in [-0.4, -0.2) is 26.8 Å². The minimum absolute atomic E-state index is 0.181. The molecule has 1 fully saturated rings. The van der Waals surface area contributed by atoms with Gasteiger partial charge in [-0.3, -0.25) is 0 Å². The lowest BCUT2D eigenvalue weighted by atomic mass is 9.85. The summed E-state index contributed by atoms with van der Waals surface area (Å²) < 4.78 is 25.6. The van der Waals surface area contributed by atoms with Gasteiger partial charge in [0.2, 0.25) is 0 Å². The molecule has 2 aliphatic rings. The predicted molar refractivity (Wildman–Crippen MR) is 129 cm³/mol. The van der Waals surface area contributed by atoms with Crippen molar-refractivity contribution in [1.29, 1.82) is 0 Å². The smallest absolute Gasteiger partial charge is 0.178 e. The van der Waals surface area contributed by atoms with E-state index in [4.69, 9.17) is 0 Å². The van der Waals surface area contributed by atoms with Gasteiger partial charge in [-0.25, -0.2) is 8.42 Å². The quantitative estimate of drug-likeness (QED) is 0.632. The molecule has 166 valence electrons. The first-order valence-electron chi connectivity index (χ1n) is 11.7. The molecule has 1 aliphatic heterocycles. The van der Waals surface area contributed by atoms with Gasteiger partial charge in [-0.2, -0.15) is 0 Å². The van der Waals surface area contributed by atoms with Crippen LogP contribution in [0.4, 0.5) is 0 Å². The fourth-order valence-electron chi connectivity index (χ4n) is 5.15. The van der Waals surface area contributed by atoms with E-state index >= 15 is 0 Å². The monoisotopic (exact) mass is 437 g/mol. The summed E-state index contributed by atoms with van der Waals surface area (Å²) in [6, 6.07) is 14.4. The third kappa shape index (κ3) is 5.48. The normalized spacial score (nSPS) is 23.9. The Morgan fingerprint density at radius 2 is 1.87 bits per heavy atom. The lowest BCUT2D eigenvalue weighted by molar-refractivity contribution is 0.337. The van der Waals surface area contributed by atoms with Gasteiger partial charge in [0.05, 0.1) is 10.6 Å². The summed E-state index contributed by atoms with van der Waals surface area (Å²) in [5.74, 6) is 1.08. The lowest BCUT2D eigenvalue weighted by Crippen LogP contribution is -2.31. The average molecular weight is 438 g/mol. The maximum absolute atomic E-state index is 12.8. The van der Waals surface area contributed by atoms with Crippen LogP contribution in [-0.2, 0) is 16.3 Å². The number of sulfone groups is 1. The van der Waals surface area contributed by atoms with Crippen molar-refractivity contribution in [2.24, 2.45) is 5.92 Å². The Hall–Kier alpha value is -1.91. The number of benzene rings is 2. The van der Waals surface area contributed by atoms with Gasteiger partial charge in [-0.15, -0.1) is 0 Å². The minimum Gasteiger partial charge on any atom is -0.314 e. The molecule has 2 aromatic rings. The molecule has 1 heterocycles. The zero-order valence-corrected chi connectivity index (χ0v) is 19.6. The predicted octanol–water partition coefficient (Wildman–Crippen LogP) is 5.68. The van der Waals surface area contributed by atoms with Crippen LogP contribution in [0, 0.1) is 12.8 Å². The number of rotatable bonds is 6. The van der Waals surface area contributed by atoms with E-state index in [1.165, 1.54) is 42.4 Å². The number of nitrogens with one attached hydrogen (secondary N) is 1. The zero-order chi connectivity index (χ0) is 21.8. The molecular formula is C27H35NO2S. The van der Waals surface area contributed by atoms with Gasteiger partial charge in [0, 0.05) is 12.0 Å². The first kappa shape index (κ1) is 22.3. The Bertz CT molecular complexity index is 1020. The van der Waals surface area contributed by atoms with Crippen molar-refractivity contribution in [3.8, 4) is 0 Å². The molecule has 3 nitrogen and oxygen atoms in total. The maximum Gasteiger partial charge on any atom is 0.178 e. The lowest BCUT2D eigenvalue weighted by Gasteiger charge is -2.26. The van der Waals surface area contributed by atoms with Crippen LogP contribution in [0.15, 0.2) is 53.4 Å². The summed E-state index contributed by atoms with van der Waals surface area (Å²) in [5.41, 5.74) is 5.14. The van der Waals surface area contributed by atoms with Crippen LogP contribution in [0.5, 0.6) is 0 Å². The first-order chi connectivity index (χ1) is 14.9. The van der Waals surface area contributed by atoms with Gasteiger partial charge in [0.25, 0.3) is 0 Å². The molecule has 0 spiro atoms. The van der Waals surface area contributed by atoms with E-state index in [1.807, 2.05) is 19.1 Å². The molecule has 0 bridgehead atoms. The molecule has 1 aliphatic carbocycles. The number of hydrogen-bond donors (Lipinski definition) is 1. The van der Waals surface area contributed by atoms with Gasteiger partial charge in [-0.05, 0) is 80.8 Å². The van der Waals surface area contributed by atoms with Crippen LogP contribution < -0.4 is 5.32 Å². The Kier molecular flexibility index (Phi) is 6.98. The Morgan fingerprint density at radius 1 is 1.06 bits per heavy atom. The van der Waals surface area contributed by atoms with Gasteiger partial charge in [-0.1, -0.05) is 60.9 Å². The van der Waals surface area contributed by atoms with Gasteiger partial charge >= 0.3 is 0 Å². The molecule has 0 radical (unpaired) electrons. The molecule has 1 N–H and O–H groups in total. The Labute approximate surface area is 187 Å². The highest BCUT2D eigenvalue weighted by Crippen LogP contribution is 2.37. The molecule has 4 rings (SSSR count). The van der Waals surface area contributed by atoms with Crippen LogP contribution in [0.2, 0.25) is 0 Å². The fraction of sp³-hybridized carbons (Fsp3) is 0.481. The van der Waals surface area contributed by atoms with Crippen molar-refractivity contribution >= 4 is 15.9 Å². The van der Waals surface area contributed by atoms with Crippen molar-refractivity contribution in [3.63, 3.8) is 0 Å². The highest BCUT2D eigenvalue weighted by molar-refractivity contribution is 7.91. The molecule has 31 heavy (non-hydrogen) atoms. The highest BCUT2D eigenvalue weighted by atomic mass is 32.2. The van der Waals surface area contributed by atoms with E-state index in [1.54, 1.807) is 12.1 Å². The van der Waals surface area contributed by atoms with Crippen LogP contribution in [0.25, 0.3) is 6.08 Å². The van der Waals surface area contributed by atoms with Crippen LogP contribution >= 0.6 is 0 Å². The molecule has 2 aromatic carbocycles. The molecule has 3 unspecified atom stereocenters. The molecule has 0 saturated carbocycles. The van der Waals surface area contributed by atoms with E-state index < -0.39 is 9.84 Å². The summed E-state index contributed by atoms with van der Waals surface area (Å²) in [5, 5.41) is 3.64. The largest absolute Gasteiger partial charge is 0.314 e. The summed E-state index contributed by atoms with van der Waals surface area (Å²) in [4.78, 5) is 0.432. The summed E-state index contributed by atoms with van der Waals surface area (Å²) in [6.45, 7) is 5.42. The van der Waals surface area contributed by atoms with Gasteiger partial charge < -0.3 is 5.32 Å². The molecular weight excluding hydrogens is 402 g/mol. The molecule has 3 atom stereocenters. The van der Waals surface area contributed by atoms with Crippen molar-refractivity contribution < 1.29 is 8.42 Å². The molecule has 0 amide bonds. The second kappa shape index (κ2) is 9.70. The first-order valence-corrected chi connectivity index (χ1v) is 13.4. The second-order valence-electron chi connectivity index (χ2n) is 9.46. The third-order valence-corrected chi connectivity index (χ3v) is 8.69. The van der Waals surface area contributed by atoms with Crippen LogP contribution in [0.1, 0.15) is 67.2 Å². The molecule has 0 aromatic heterocycles. The van der Waals surface area contributed by atoms with Crippen LogP contribution in [0.3, 0.4) is 0 Å². The van der Waals surface area contributed by atoms with E-state index in [0.717, 1.165) is 18.5 Å². The Balaban J connectivity index is 1.44. The topological polar surface area (TPSA) is 46.2 Å². The fourth-order valence-corrected chi connectivity index (χ4v) is 6.51. The SMILES string of the molecule is Cc1ccc(S(=O)(=O)CCC2C=Cc3c(CC4CCCCNC(C)C4)cccc32)cc1. The van der Waals surface area contributed by atoms with Crippen molar-refractivity contribution in [1.82, 2.24) is 5.32 Å². The molecule has 4 heteroatoms.